The van der Waals surface area contributed by atoms with Crippen molar-refractivity contribution in [2.24, 2.45) is 0 Å². The first-order valence-corrected chi connectivity index (χ1v) is 38.5. The lowest BCUT2D eigenvalue weighted by Gasteiger charge is -2.12. The quantitative estimate of drug-likeness (QED) is 0.103. The fraction of sp³-hybridized carbons (Fsp3) is 0. The van der Waals surface area contributed by atoms with Gasteiger partial charge in [-0.1, -0.05) is 309 Å². The summed E-state index contributed by atoms with van der Waals surface area (Å²) in [4.78, 5) is 30.9. The Morgan fingerprint density at radius 2 is 0.446 bits per heavy atom. The second-order valence-corrected chi connectivity index (χ2v) is 28.7. The summed E-state index contributed by atoms with van der Waals surface area (Å²) in [5.41, 5.74) is 30.4. The summed E-state index contributed by atoms with van der Waals surface area (Å²) >= 11 is 2.49. The maximum atomic E-state index is 5.20. The van der Waals surface area contributed by atoms with Crippen LogP contribution >= 0.6 is 23.5 Å². The Labute approximate surface area is 653 Å². The Hall–Kier alpha value is -14.6. The van der Waals surface area contributed by atoms with Crippen molar-refractivity contribution in [1.82, 2.24) is 47.4 Å². The summed E-state index contributed by atoms with van der Waals surface area (Å²) in [6.07, 6.45) is 0. The van der Waals surface area contributed by atoms with Gasteiger partial charge in [0.2, 0.25) is 0 Å². The molecule has 12 heteroatoms. The molecule has 524 valence electrons. The summed E-state index contributed by atoms with van der Waals surface area (Å²) in [6.45, 7) is 0. The summed E-state index contributed by atoms with van der Waals surface area (Å²) in [5, 5.41) is 6.50. The topological polar surface area (TPSA) is 129 Å². The van der Waals surface area contributed by atoms with Crippen molar-refractivity contribution in [3.8, 4) is 146 Å². The first-order valence-electron chi connectivity index (χ1n) is 37.1. The minimum atomic E-state index is 0.680. The number of para-hydroxylation sites is 2. The highest BCUT2D eigenvalue weighted by Gasteiger charge is 2.20. The van der Waals surface area contributed by atoms with Crippen LogP contribution in [0.2, 0.25) is 0 Å². The lowest BCUT2D eigenvalue weighted by Crippen LogP contribution is -1.96. The van der Waals surface area contributed by atoms with Crippen molar-refractivity contribution in [2.45, 2.75) is 0 Å². The zero-order chi connectivity index (χ0) is 74.3. The molecule has 0 radical (unpaired) electrons. The molecule has 0 saturated heterocycles. The first kappa shape index (κ1) is 66.8. The van der Waals surface area contributed by atoms with E-state index >= 15 is 0 Å². The van der Waals surface area contributed by atoms with E-state index in [1.165, 1.54) is 34.6 Å². The first-order chi connectivity index (χ1) is 55.5. The van der Waals surface area contributed by atoms with Crippen LogP contribution < -0.4 is 0 Å². The molecule has 0 unspecified atom stereocenters. The van der Waals surface area contributed by atoms with Crippen molar-refractivity contribution >= 4 is 88.9 Å². The van der Waals surface area contributed by atoms with Crippen molar-refractivity contribution < 1.29 is 0 Å². The van der Waals surface area contributed by atoms with E-state index in [1.54, 1.807) is 0 Å². The summed E-state index contributed by atoms with van der Waals surface area (Å²) in [6, 6.07) is 131. The van der Waals surface area contributed by atoms with Crippen LogP contribution in [0.15, 0.2) is 376 Å². The highest BCUT2D eigenvalue weighted by molar-refractivity contribution is 7.00. The van der Waals surface area contributed by atoms with Crippen LogP contribution in [-0.2, 0) is 0 Å². The van der Waals surface area contributed by atoms with Crippen LogP contribution in [0.25, 0.3) is 211 Å². The minimum absolute atomic E-state index is 0.680. The number of aromatic nitrogens is 10. The number of pyridine rings is 2. The standard InChI is InChI=1S/C53H33N5S.C47H29N5S/c1-3-10-34(11-4-1)36-18-24-39(25-19-36)48-33-49(56-53(55-48)41-28-22-37(23-29-41)35-12-5-2-6-13-35)43-15-9-14-42(32-43)38-20-26-40(27-21-38)51-45-30-31-47-52(58-59-57-47)50(45)44-16-7-8-17-46(44)54-51;1-3-11-30(12-4-1)35-16-10-18-37(28-35)47-49-42(32-13-5-2-6-14-32)29-43(50-47)36-17-9-15-34(27-36)31-21-23-33(24-22-31)45-39-25-26-41-46(52-53-51-41)44(39)38-19-7-8-20-40(38)48-45/h1-33H;1-29H. The molecule has 0 atom stereocenters. The zero-order valence-corrected chi connectivity index (χ0v) is 61.7. The van der Waals surface area contributed by atoms with Gasteiger partial charge in [-0.3, -0.25) is 0 Å². The lowest BCUT2D eigenvalue weighted by molar-refractivity contribution is 1.18. The van der Waals surface area contributed by atoms with E-state index in [2.05, 4.69) is 333 Å². The molecule has 6 aromatic heterocycles. The van der Waals surface area contributed by atoms with Crippen molar-refractivity contribution in [3.63, 3.8) is 0 Å². The predicted octanol–water partition coefficient (Wildman–Crippen LogP) is 26.0. The average molecular weight is 1470 g/mol. The van der Waals surface area contributed by atoms with Gasteiger partial charge in [0.05, 0.1) is 68.7 Å². The molecule has 0 amide bonds. The Bertz CT molecular complexity index is 6980. The normalized spacial score (nSPS) is 11.4. The number of hydrogen-bond donors (Lipinski definition) is 0. The number of fused-ring (bicyclic) bond motifs is 10. The second-order valence-electron chi connectivity index (χ2n) is 27.6. The van der Waals surface area contributed by atoms with Crippen molar-refractivity contribution in [2.75, 3.05) is 0 Å². The summed E-state index contributed by atoms with van der Waals surface area (Å²) in [7, 11) is 0. The molecular formula is C100H62N10S2. The Morgan fingerprint density at radius 3 is 0.875 bits per heavy atom. The van der Waals surface area contributed by atoms with E-state index in [0.717, 1.165) is 189 Å². The molecular weight excluding hydrogens is 1410 g/mol. The van der Waals surface area contributed by atoms with E-state index in [0.29, 0.717) is 11.6 Å². The van der Waals surface area contributed by atoms with Gasteiger partial charge in [-0.15, -0.1) is 0 Å². The van der Waals surface area contributed by atoms with Crippen LogP contribution in [0.1, 0.15) is 0 Å². The number of rotatable bonds is 13. The molecule has 15 aromatic carbocycles. The highest BCUT2D eigenvalue weighted by Crippen LogP contribution is 2.42. The van der Waals surface area contributed by atoms with Crippen LogP contribution in [0.3, 0.4) is 0 Å². The van der Waals surface area contributed by atoms with E-state index < -0.39 is 0 Å². The molecule has 21 rings (SSSR count). The van der Waals surface area contributed by atoms with Crippen molar-refractivity contribution in [1.29, 1.82) is 0 Å². The molecule has 0 aliphatic heterocycles. The zero-order valence-electron chi connectivity index (χ0n) is 60.1. The van der Waals surface area contributed by atoms with E-state index in [9.17, 15) is 0 Å². The Balaban J connectivity index is 0.000000147. The molecule has 0 fully saturated rings. The molecule has 0 spiro atoms. The Kier molecular flexibility index (Phi) is 17.4. The Morgan fingerprint density at radius 1 is 0.161 bits per heavy atom. The molecule has 0 saturated carbocycles. The third kappa shape index (κ3) is 13.0. The SMILES string of the molecule is c1ccc(-c2ccc(-c3cc(-c4cccc(-c5ccc(-c6nc7ccccc7c7c6ccc6nsnc67)cc5)c4)nc(-c4ccc(-c5ccccc5)cc4)n3)cc2)cc1.c1ccc(-c2cccc(-c3nc(-c4ccccc4)cc(-c4cccc(-c5ccc(-c6nc7ccccc7c7c6ccc6nsnc67)cc5)c4)n3)c2)cc1. The maximum absolute atomic E-state index is 5.20. The van der Waals surface area contributed by atoms with E-state index in [-0.39, 0.29) is 0 Å². The fourth-order valence-corrected chi connectivity index (χ4v) is 16.2. The smallest absolute Gasteiger partial charge is 0.160 e. The molecule has 21 aromatic rings. The van der Waals surface area contributed by atoms with Gasteiger partial charge in [-0.25, -0.2) is 29.9 Å². The van der Waals surface area contributed by atoms with Crippen molar-refractivity contribution in [3.05, 3.63) is 376 Å². The fourth-order valence-electron chi connectivity index (χ4n) is 15.1. The maximum Gasteiger partial charge on any atom is 0.160 e. The third-order valence-electron chi connectivity index (χ3n) is 20.8. The highest BCUT2D eigenvalue weighted by atomic mass is 32.1. The molecule has 0 N–H and O–H groups in total. The number of benzene rings is 15. The number of hydrogen-bond acceptors (Lipinski definition) is 12. The van der Waals surface area contributed by atoms with Gasteiger partial charge < -0.3 is 0 Å². The molecule has 0 bridgehead atoms. The largest absolute Gasteiger partial charge is 0.247 e. The summed E-state index contributed by atoms with van der Waals surface area (Å²) < 4.78 is 18.4. The van der Waals surface area contributed by atoms with E-state index in [1.807, 2.05) is 60.7 Å². The molecule has 6 heterocycles. The van der Waals surface area contributed by atoms with Gasteiger partial charge in [0, 0.05) is 76.8 Å². The average Bonchev–Trinajstić information content (AvgIpc) is 1.71. The van der Waals surface area contributed by atoms with Gasteiger partial charge in [0.25, 0.3) is 0 Å². The lowest BCUT2D eigenvalue weighted by atomic mass is 9.96. The molecule has 0 aliphatic carbocycles. The second kappa shape index (κ2) is 29.2. The van der Waals surface area contributed by atoms with Crippen LogP contribution in [0, 0.1) is 0 Å². The number of nitrogens with zero attached hydrogens (tertiary/aromatic N) is 10. The van der Waals surface area contributed by atoms with Crippen LogP contribution in [-0.4, -0.2) is 47.4 Å². The monoisotopic (exact) mass is 1470 g/mol. The minimum Gasteiger partial charge on any atom is -0.247 e. The van der Waals surface area contributed by atoms with Gasteiger partial charge in [0.1, 0.15) is 22.1 Å². The van der Waals surface area contributed by atoms with Gasteiger partial charge in [-0.05, 0) is 122 Å². The van der Waals surface area contributed by atoms with Gasteiger partial charge in [0.15, 0.2) is 11.6 Å². The van der Waals surface area contributed by atoms with Crippen LogP contribution in [0.5, 0.6) is 0 Å². The third-order valence-corrected chi connectivity index (χ3v) is 21.9. The summed E-state index contributed by atoms with van der Waals surface area (Å²) in [5.74, 6) is 1.37. The van der Waals surface area contributed by atoms with E-state index in [4.69, 9.17) is 29.9 Å². The predicted molar refractivity (Wildman–Crippen MR) is 462 cm³/mol. The van der Waals surface area contributed by atoms with Gasteiger partial charge in [-0.2, -0.15) is 17.5 Å². The molecule has 10 nitrogen and oxygen atoms in total. The van der Waals surface area contributed by atoms with Crippen LogP contribution in [0.4, 0.5) is 0 Å². The molecule has 0 aliphatic rings. The molecule has 112 heavy (non-hydrogen) atoms. The van der Waals surface area contributed by atoms with Gasteiger partial charge >= 0.3 is 0 Å².